The molecule has 0 radical (unpaired) electrons. The van der Waals surface area contributed by atoms with E-state index in [0.717, 1.165) is 38.4 Å². The van der Waals surface area contributed by atoms with Crippen LogP contribution in [-0.4, -0.2) is 24.0 Å². The van der Waals surface area contributed by atoms with Gasteiger partial charge in [-0.05, 0) is 25.3 Å². The molecule has 1 heterocycles. The smallest absolute Gasteiger partial charge is 0.317 e. The summed E-state index contributed by atoms with van der Waals surface area (Å²) in [6.45, 7) is 1.58. The summed E-state index contributed by atoms with van der Waals surface area (Å²) in [6, 6.07) is 3.17. The molecule has 5 heteroatoms. The van der Waals surface area contributed by atoms with Crippen molar-refractivity contribution in [3.05, 3.63) is 35.4 Å². The summed E-state index contributed by atoms with van der Waals surface area (Å²) in [5, 5.41) is 2.65. The summed E-state index contributed by atoms with van der Waals surface area (Å²) in [6.07, 6.45) is 3.17. The van der Waals surface area contributed by atoms with E-state index >= 15 is 0 Å². The number of halogens is 2. The lowest BCUT2D eigenvalue weighted by Crippen LogP contribution is -2.42. The van der Waals surface area contributed by atoms with Gasteiger partial charge in [-0.1, -0.05) is 6.07 Å². The Morgan fingerprint density at radius 3 is 2.61 bits per heavy atom. The van der Waals surface area contributed by atoms with Gasteiger partial charge in [0.2, 0.25) is 0 Å². The van der Waals surface area contributed by atoms with E-state index in [0.29, 0.717) is 5.56 Å². The van der Waals surface area contributed by atoms with E-state index in [2.05, 4.69) is 5.32 Å². The van der Waals surface area contributed by atoms with Crippen molar-refractivity contribution in [3.8, 4) is 0 Å². The Balaban J connectivity index is 1.88. The Morgan fingerprint density at radius 2 is 1.94 bits per heavy atom. The number of hydrogen-bond acceptors (Lipinski definition) is 1. The van der Waals surface area contributed by atoms with Crippen LogP contribution in [0.2, 0.25) is 0 Å². The molecule has 0 aromatic heterocycles. The number of rotatable bonds is 2. The van der Waals surface area contributed by atoms with Gasteiger partial charge in [0.15, 0.2) is 0 Å². The van der Waals surface area contributed by atoms with Crippen molar-refractivity contribution in [3.63, 3.8) is 0 Å². The molecule has 1 aromatic rings. The highest BCUT2D eigenvalue weighted by molar-refractivity contribution is 5.74. The summed E-state index contributed by atoms with van der Waals surface area (Å²) >= 11 is 0. The average molecular weight is 254 g/mol. The number of piperidine rings is 1. The Kier molecular flexibility index (Phi) is 4.12. The number of hydrogen-bond donors (Lipinski definition) is 1. The number of urea groups is 1. The van der Waals surface area contributed by atoms with Crippen LogP contribution >= 0.6 is 0 Å². The third-order valence-electron chi connectivity index (χ3n) is 3.09. The van der Waals surface area contributed by atoms with Gasteiger partial charge in [-0.3, -0.25) is 0 Å². The summed E-state index contributed by atoms with van der Waals surface area (Å²) in [5.41, 5.74) is 0.293. The zero-order valence-electron chi connectivity index (χ0n) is 10.1. The van der Waals surface area contributed by atoms with E-state index < -0.39 is 11.6 Å². The Bertz CT molecular complexity index is 431. The standard InChI is InChI=1S/C13H16F2N2O/c14-11-5-4-10(12(15)8-11)9-16-13(18)17-6-2-1-3-7-17/h4-5,8H,1-3,6-7,9H2,(H,16,18). The molecule has 0 unspecified atom stereocenters. The second-order valence-electron chi connectivity index (χ2n) is 4.44. The molecule has 1 aliphatic rings. The van der Waals surface area contributed by atoms with Crippen molar-refractivity contribution < 1.29 is 13.6 Å². The van der Waals surface area contributed by atoms with Crippen LogP contribution in [0.4, 0.5) is 13.6 Å². The van der Waals surface area contributed by atoms with E-state index in [1.165, 1.54) is 12.1 Å². The van der Waals surface area contributed by atoms with E-state index in [4.69, 9.17) is 0 Å². The zero-order valence-corrected chi connectivity index (χ0v) is 10.1. The summed E-state index contributed by atoms with van der Waals surface area (Å²) < 4.78 is 26.0. The minimum absolute atomic E-state index is 0.0848. The monoisotopic (exact) mass is 254 g/mol. The third-order valence-corrected chi connectivity index (χ3v) is 3.09. The third kappa shape index (κ3) is 3.18. The van der Waals surface area contributed by atoms with Crippen LogP contribution in [0, 0.1) is 11.6 Å². The molecule has 1 fully saturated rings. The SMILES string of the molecule is O=C(NCc1ccc(F)cc1F)N1CCCCC1. The van der Waals surface area contributed by atoms with Gasteiger partial charge in [0.05, 0.1) is 0 Å². The van der Waals surface area contributed by atoms with Crippen LogP contribution in [0.25, 0.3) is 0 Å². The van der Waals surface area contributed by atoms with Gasteiger partial charge in [-0.2, -0.15) is 0 Å². The van der Waals surface area contributed by atoms with Gasteiger partial charge in [-0.25, -0.2) is 13.6 Å². The summed E-state index contributed by atoms with van der Waals surface area (Å²) in [7, 11) is 0. The highest BCUT2D eigenvalue weighted by atomic mass is 19.1. The molecule has 0 atom stereocenters. The maximum Gasteiger partial charge on any atom is 0.317 e. The number of carbonyl (C=O) groups excluding carboxylic acids is 1. The van der Waals surface area contributed by atoms with Crippen molar-refractivity contribution in [1.29, 1.82) is 0 Å². The number of amides is 2. The first-order valence-electron chi connectivity index (χ1n) is 6.13. The molecule has 0 bridgehead atoms. The summed E-state index contributed by atoms with van der Waals surface area (Å²) in [5.74, 6) is -1.24. The number of carbonyl (C=O) groups is 1. The van der Waals surface area contributed by atoms with Crippen molar-refractivity contribution in [2.75, 3.05) is 13.1 Å². The largest absolute Gasteiger partial charge is 0.334 e. The predicted octanol–water partition coefficient (Wildman–Crippen LogP) is 2.66. The van der Waals surface area contributed by atoms with Gasteiger partial charge in [-0.15, -0.1) is 0 Å². The van der Waals surface area contributed by atoms with E-state index in [-0.39, 0.29) is 12.6 Å². The molecule has 3 nitrogen and oxygen atoms in total. The van der Waals surface area contributed by atoms with Crippen molar-refractivity contribution in [2.45, 2.75) is 25.8 Å². The molecule has 1 saturated heterocycles. The first-order valence-corrected chi connectivity index (χ1v) is 6.13. The van der Waals surface area contributed by atoms with Crippen LogP contribution in [0.15, 0.2) is 18.2 Å². The van der Waals surface area contributed by atoms with Crippen LogP contribution in [0.5, 0.6) is 0 Å². The molecule has 1 aliphatic heterocycles. The molecular weight excluding hydrogens is 238 g/mol. The first-order chi connectivity index (χ1) is 8.66. The molecule has 0 aliphatic carbocycles. The fourth-order valence-electron chi connectivity index (χ4n) is 2.04. The number of nitrogens with zero attached hydrogens (tertiary/aromatic N) is 1. The van der Waals surface area contributed by atoms with Gasteiger partial charge in [0, 0.05) is 31.3 Å². The quantitative estimate of drug-likeness (QED) is 0.864. The summed E-state index contributed by atoms with van der Waals surface area (Å²) in [4.78, 5) is 13.5. The lowest BCUT2D eigenvalue weighted by atomic mass is 10.1. The lowest BCUT2D eigenvalue weighted by molar-refractivity contribution is 0.186. The van der Waals surface area contributed by atoms with Crippen molar-refractivity contribution in [2.24, 2.45) is 0 Å². The Labute approximate surface area is 105 Å². The number of nitrogens with one attached hydrogen (secondary N) is 1. The van der Waals surface area contributed by atoms with Gasteiger partial charge < -0.3 is 10.2 Å². The van der Waals surface area contributed by atoms with Crippen LogP contribution < -0.4 is 5.32 Å². The maximum atomic E-state index is 13.3. The van der Waals surface area contributed by atoms with E-state index in [1.807, 2.05) is 0 Å². The highest BCUT2D eigenvalue weighted by Crippen LogP contribution is 2.11. The maximum absolute atomic E-state index is 13.3. The highest BCUT2D eigenvalue weighted by Gasteiger charge is 2.16. The van der Waals surface area contributed by atoms with Crippen LogP contribution in [0.1, 0.15) is 24.8 Å². The molecule has 1 N–H and O–H groups in total. The van der Waals surface area contributed by atoms with Crippen molar-refractivity contribution >= 4 is 6.03 Å². The second kappa shape index (κ2) is 5.80. The molecule has 18 heavy (non-hydrogen) atoms. The van der Waals surface area contributed by atoms with Crippen molar-refractivity contribution in [1.82, 2.24) is 10.2 Å². The van der Waals surface area contributed by atoms with Crippen LogP contribution in [-0.2, 0) is 6.54 Å². The van der Waals surface area contributed by atoms with E-state index in [1.54, 1.807) is 4.90 Å². The minimum Gasteiger partial charge on any atom is -0.334 e. The fraction of sp³-hybridized carbons (Fsp3) is 0.462. The molecule has 2 rings (SSSR count). The zero-order chi connectivity index (χ0) is 13.0. The first kappa shape index (κ1) is 12.8. The molecule has 0 spiro atoms. The second-order valence-corrected chi connectivity index (χ2v) is 4.44. The van der Waals surface area contributed by atoms with Gasteiger partial charge in [0.25, 0.3) is 0 Å². The lowest BCUT2D eigenvalue weighted by Gasteiger charge is -2.26. The fourth-order valence-corrected chi connectivity index (χ4v) is 2.04. The Morgan fingerprint density at radius 1 is 1.22 bits per heavy atom. The Hall–Kier alpha value is -1.65. The number of likely N-dealkylation sites (tertiary alicyclic amines) is 1. The molecule has 1 aromatic carbocycles. The van der Waals surface area contributed by atoms with Crippen LogP contribution in [0.3, 0.4) is 0 Å². The van der Waals surface area contributed by atoms with E-state index in [9.17, 15) is 13.6 Å². The molecule has 98 valence electrons. The molecule has 2 amide bonds. The topological polar surface area (TPSA) is 32.3 Å². The molecular formula is C13H16F2N2O. The average Bonchev–Trinajstić information content (AvgIpc) is 2.38. The van der Waals surface area contributed by atoms with Gasteiger partial charge >= 0.3 is 6.03 Å². The van der Waals surface area contributed by atoms with Gasteiger partial charge in [0.1, 0.15) is 11.6 Å². The normalized spacial score (nSPS) is 15.6. The molecule has 0 saturated carbocycles. The minimum atomic E-state index is -0.631. The number of benzene rings is 1. The predicted molar refractivity (Wildman–Crippen MR) is 64.0 cm³/mol.